The van der Waals surface area contributed by atoms with Crippen LogP contribution in [0.2, 0.25) is 0 Å². The number of pyridine rings is 1. The van der Waals surface area contributed by atoms with Gasteiger partial charge in [0.2, 0.25) is 0 Å². The Balaban J connectivity index is 1.61. The Morgan fingerprint density at radius 1 is 0.938 bits per heavy atom. The van der Waals surface area contributed by atoms with Gasteiger partial charge in [-0.25, -0.2) is 9.97 Å². The van der Waals surface area contributed by atoms with Gasteiger partial charge < -0.3 is 11.1 Å². The Hall–Kier alpha value is -4.59. The molecule has 0 bridgehead atoms. The van der Waals surface area contributed by atoms with Gasteiger partial charge in [0.15, 0.2) is 11.5 Å². The van der Waals surface area contributed by atoms with E-state index in [0.29, 0.717) is 17.1 Å². The van der Waals surface area contributed by atoms with Gasteiger partial charge in [0, 0.05) is 28.9 Å². The molecule has 4 N–H and O–H groups in total. The molecule has 0 aliphatic carbocycles. The van der Waals surface area contributed by atoms with E-state index in [0.717, 1.165) is 22.0 Å². The molecule has 5 rings (SSSR count). The van der Waals surface area contributed by atoms with Gasteiger partial charge in [-0.2, -0.15) is 5.10 Å². The second kappa shape index (κ2) is 8.27. The number of amides is 1. The number of H-pyrrole nitrogens is 1. The van der Waals surface area contributed by atoms with E-state index in [1.807, 2.05) is 60.7 Å². The summed E-state index contributed by atoms with van der Waals surface area (Å²) in [6, 6.07) is 21.1. The smallest absolute Gasteiger partial charge is 0.274 e. The van der Waals surface area contributed by atoms with Gasteiger partial charge in [-0.05, 0) is 24.3 Å². The van der Waals surface area contributed by atoms with Gasteiger partial charge in [-0.3, -0.25) is 14.9 Å². The van der Waals surface area contributed by atoms with E-state index in [4.69, 9.17) is 5.73 Å². The van der Waals surface area contributed by atoms with Crippen LogP contribution in [0.5, 0.6) is 0 Å². The third-order valence-electron chi connectivity index (χ3n) is 5.05. The zero-order valence-electron chi connectivity index (χ0n) is 17.0. The Morgan fingerprint density at radius 3 is 2.59 bits per heavy atom. The van der Waals surface area contributed by atoms with E-state index in [9.17, 15) is 4.79 Å². The van der Waals surface area contributed by atoms with Crippen LogP contribution in [0.25, 0.3) is 33.4 Å². The van der Waals surface area contributed by atoms with Crippen molar-refractivity contribution in [2.45, 2.75) is 6.54 Å². The zero-order valence-corrected chi connectivity index (χ0v) is 17.0. The van der Waals surface area contributed by atoms with Crippen LogP contribution in [0.3, 0.4) is 0 Å². The molecular formula is C24H19N7O. The number of aromatic amines is 1. The van der Waals surface area contributed by atoms with Crippen molar-refractivity contribution in [3.63, 3.8) is 0 Å². The summed E-state index contributed by atoms with van der Waals surface area (Å²) in [5, 5.41) is 10.5. The van der Waals surface area contributed by atoms with Crippen LogP contribution >= 0.6 is 0 Å². The summed E-state index contributed by atoms with van der Waals surface area (Å²) in [4.78, 5) is 26.5. The monoisotopic (exact) mass is 421 g/mol. The van der Waals surface area contributed by atoms with Gasteiger partial charge in [0.25, 0.3) is 5.91 Å². The molecule has 32 heavy (non-hydrogen) atoms. The molecule has 0 aliphatic heterocycles. The number of nitrogens with one attached hydrogen (secondary N) is 2. The fraction of sp³-hybridized carbons (Fsp3) is 0.0417. The van der Waals surface area contributed by atoms with Gasteiger partial charge in [0.1, 0.15) is 0 Å². The number of carbonyl (C=O) groups excluding carboxylic acids is 1. The number of hydrogen-bond acceptors (Lipinski definition) is 6. The Bertz CT molecular complexity index is 1400. The number of rotatable bonds is 5. The molecule has 3 heterocycles. The molecule has 0 radical (unpaired) electrons. The van der Waals surface area contributed by atoms with Crippen LogP contribution in [0.15, 0.2) is 79.1 Å². The van der Waals surface area contributed by atoms with Gasteiger partial charge in [-0.1, -0.05) is 42.5 Å². The summed E-state index contributed by atoms with van der Waals surface area (Å²) in [6.45, 7) is 0.251. The van der Waals surface area contributed by atoms with Crippen LogP contribution in [-0.4, -0.2) is 31.1 Å². The molecule has 0 aliphatic rings. The number of hydrogen-bond donors (Lipinski definition) is 3. The molecule has 0 saturated heterocycles. The molecular weight excluding hydrogens is 402 g/mol. The lowest BCUT2D eigenvalue weighted by atomic mass is 10.0. The maximum Gasteiger partial charge on any atom is 0.274 e. The van der Waals surface area contributed by atoms with Crippen LogP contribution < -0.4 is 11.1 Å². The number of anilines is 1. The number of aromatic nitrogens is 5. The van der Waals surface area contributed by atoms with E-state index in [1.165, 1.54) is 0 Å². The van der Waals surface area contributed by atoms with Crippen molar-refractivity contribution in [2.75, 3.05) is 5.73 Å². The van der Waals surface area contributed by atoms with E-state index in [2.05, 4.69) is 30.5 Å². The lowest BCUT2D eigenvalue weighted by Crippen LogP contribution is -2.26. The molecule has 0 spiro atoms. The fourth-order valence-electron chi connectivity index (χ4n) is 3.48. The molecule has 0 saturated carbocycles. The first kappa shape index (κ1) is 19.4. The summed E-state index contributed by atoms with van der Waals surface area (Å²) in [6.07, 6.45) is 3.44. The Labute approximate surface area is 183 Å². The number of nitrogen functional groups attached to an aromatic ring is 1. The quantitative estimate of drug-likeness (QED) is 0.399. The topological polar surface area (TPSA) is 122 Å². The maximum atomic E-state index is 12.9. The minimum absolute atomic E-state index is 0.0644. The lowest BCUT2D eigenvalue weighted by Gasteiger charge is -2.13. The summed E-state index contributed by atoms with van der Waals surface area (Å²) in [5.41, 5.74) is 10.7. The van der Waals surface area contributed by atoms with Crippen molar-refractivity contribution < 1.29 is 4.79 Å². The van der Waals surface area contributed by atoms with Crippen molar-refractivity contribution in [1.29, 1.82) is 0 Å². The second-order valence-corrected chi connectivity index (χ2v) is 7.18. The average Bonchev–Trinajstić information content (AvgIpc) is 3.36. The highest BCUT2D eigenvalue weighted by Crippen LogP contribution is 2.32. The highest BCUT2D eigenvalue weighted by Gasteiger charge is 2.20. The largest absolute Gasteiger partial charge is 0.382 e. The molecule has 2 aromatic carbocycles. The molecule has 5 aromatic rings. The molecule has 1 amide bonds. The molecule has 8 nitrogen and oxygen atoms in total. The molecule has 3 aromatic heterocycles. The third-order valence-corrected chi connectivity index (χ3v) is 5.05. The summed E-state index contributed by atoms with van der Waals surface area (Å²) in [7, 11) is 0. The standard InChI is InChI=1S/C24H19N7O/c25-23-22(24(32)27-14-18-10-12-28-31-18)29-21(20(30-23)15-5-2-1-3-6-15)17-8-9-19-16(13-17)7-4-11-26-19/h1-13H,14H2,(H2,25,30)(H,27,32)(H,28,31). The lowest BCUT2D eigenvalue weighted by molar-refractivity contribution is 0.0946. The summed E-state index contributed by atoms with van der Waals surface area (Å²) in [5.74, 6) is -0.351. The van der Waals surface area contributed by atoms with Crippen LogP contribution in [0.1, 0.15) is 16.2 Å². The highest BCUT2D eigenvalue weighted by molar-refractivity contribution is 5.98. The number of benzene rings is 2. The normalized spacial score (nSPS) is 10.9. The minimum Gasteiger partial charge on any atom is -0.382 e. The first-order valence-corrected chi connectivity index (χ1v) is 10.0. The van der Waals surface area contributed by atoms with Gasteiger partial charge in [-0.15, -0.1) is 0 Å². The minimum atomic E-state index is -0.415. The number of nitrogens with zero attached hydrogens (tertiary/aromatic N) is 4. The predicted octanol–water partition coefficient (Wildman–Crippen LogP) is 3.59. The molecule has 0 atom stereocenters. The Kier molecular flexibility index (Phi) is 5.01. The fourth-order valence-corrected chi connectivity index (χ4v) is 3.48. The first-order valence-electron chi connectivity index (χ1n) is 10.0. The van der Waals surface area contributed by atoms with Crippen molar-refractivity contribution in [3.8, 4) is 22.5 Å². The van der Waals surface area contributed by atoms with Crippen molar-refractivity contribution in [2.24, 2.45) is 0 Å². The van der Waals surface area contributed by atoms with Crippen molar-refractivity contribution in [3.05, 3.63) is 90.5 Å². The summed E-state index contributed by atoms with van der Waals surface area (Å²) >= 11 is 0. The molecule has 0 fully saturated rings. The van der Waals surface area contributed by atoms with E-state index < -0.39 is 5.91 Å². The number of nitrogens with two attached hydrogens (primary N) is 1. The van der Waals surface area contributed by atoms with E-state index >= 15 is 0 Å². The van der Waals surface area contributed by atoms with E-state index in [-0.39, 0.29) is 18.1 Å². The van der Waals surface area contributed by atoms with Crippen LogP contribution in [0.4, 0.5) is 5.82 Å². The van der Waals surface area contributed by atoms with Gasteiger partial charge >= 0.3 is 0 Å². The predicted molar refractivity (Wildman–Crippen MR) is 122 cm³/mol. The van der Waals surface area contributed by atoms with Crippen molar-refractivity contribution >= 4 is 22.6 Å². The Morgan fingerprint density at radius 2 is 1.78 bits per heavy atom. The van der Waals surface area contributed by atoms with Crippen LogP contribution in [-0.2, 0) is 6.54 Å². The molecule has 156 valence electrons. The van der Waals surface area contributed by atoms with Gasteiger partial charge in [0.05, 0.1) is 29.1 Å². The van der Waals surface area contributed by atoms with Crippen LogP contribution in [0, 0.1) is 0 Å². The molecule has 0 unspecified atom stereocenters. The zero-order chi connectivity index (χ0) is 21.9. The number of carbonyl (C=O) groups is 1. The third kappa shape index (κ3) is 3.77. The number of fused-ring (bicyclic) bond motifs is 1. The average molecular weight is 421 g/mol. The highest BCUT2D eigenvalue weighted by atomic mass is 16.1. The molecule has 8 heteroatoms. The summed E-state index contributed by atoms with van der Waals surface area (Å²) < 4.78 is 0. The first-order chi connectivity index (χ1) is 15.7. The van der Waals surface area contributed by atoms with Crippen molar-refractivity contribution in [1.82, 2.24) is 30.5 Å². The maximum absolute atomic E-state index is 12.9. The van der Waals surface area contributed by atoms with E-state index in [1.54, 1.807) is 18.5 Å². The SMILES string of the molecule is Nc1nc(-c2ccccc2)c(-c2ccc3ncccc3c2)nc1C(=O)NCc1cc[nH]n1. The second-order valence-electron chi connectivity index (χ2n) is 7.18.